The Morgan fingerprint density at radius 3 is 2.03 bits per heavy atom. The molecule has 1 aliphatic carbocycles. The van der Waals surface area contributed by atoms with Crippen molar-refractivity contribution in [3.63, 3.8) is 0 Å². The van der Waals surface area contributed by atoms with Crippen LogP contribution >= 0.6 is 0 Å². The number of carbonyl (C=O) groups is 3. The average Bonchev–Trinajstić information content (AvgIpc) is 3.42. The molecule has 0 aromatic heterocycles. The number of nitriles is 1. The Bertz CT molecular complexity index is 780. The summed E-state index contributed by atoms with van der Waals surface area (Å²) in [7, 11) is 5.62. The zero-order valence-electron chi connectivity index (χ0n) is 21.2. The summed E-state index contributed by atoms with van der Waals surface area (Å²) in [4.78, 5) is 32.0. The number of nitrogens with zero attached hydrogens (tertiary/aromatic N) is 2. The van der Waals surface area contributed by atoms with E-state index in [-0.39, 0.29) is 36.9 Å². The number of hydrogen-bond acceptors (Lipinski definition) is 8. The number of likely N-dealkylation sites (N-methyl/N-ethyl adjacent to an activating group) is 2. The van der Waals surface area contributed by atoms with Gasteiger partial charge in [-0.3, -0.25) is 9.69 Å². The second-order valence-electron chi connectivity index (χ2n) is 8.82. The van der Waals surface area contributed by atoms with Gasteiger partial charge < -0.3 is 32.9 Å². The van der Waals surface area contributed by atoms with Crippen molar-refractivity contribution >= 4 is 31.5 Å². The second-order valence-corrected chi connectivity index (χ2v) is 9.88. The van der Waals surface area contributed by atoms with Gasteiger partial charge in [-0.05, 0) is 71.1 Å². The van der Waals surface area contributed by atoms with Crippen LogP contribution in [0.15, 0.2) is 24.3 Å². The zero-order valence-corrected chi connectivity index (χ0v) is 24.4. The number of likely N-dealkylation sites (tertiary alicyclic amines) is 1. The van der Waals surface area contributed by atoms with Gasteiger partial charge in [-0.15, -0.1) is 4.75 Å². The molecular formula is C25H38FIrN4O3S-. The molecule has 7 nitrogen and oxygen atoms in total. The van der Waals surface area contributed by atoms with Gasteiger partial charge in [-0.1, -0.05) is 26.0 Å². The molecule has 2 atom stereocenters. The van der Waals surface area contributed by atoms with E-state index in [1.54, 1.807) is 7.05 Å². The monoisotopic (exact) mass is 686 g/mol. The summed E-state index contributed by atoms with van der Waals surface area (Å²) in [5.74, 6) is 0. The maximum absolute atomic E-state index is 11.9. The average molecular weight is 686 g/mol. The Hall–Kier alpha value is -1.47. The van der Waals surface area contributed by atoms with E-state index in [4.69, 9.17) is 17.9 Å². The molecule has 0 spiro atoms. The van der Waals surface area contributed by atoms with Crippen LogP contribution in [0.2, 0.25) is 0 Å². The molecule has 1 radical (unpaired) electrons. The van der Waals surface area contributed by atoms with Crippen LogP contribution < -0.4 is 10.6 Å². The summed E-state index contributed by atoms with van der Waals surface area (Å²) >= 11 is 5.01. The first-order valence-corrected chi connectivity index (χ1v) is 11.7. The van der Waals surface area contributed by atoms with Crippen molar-refractivity contribution in [1.29, 1.82) is 5.26 Å². The van der Waals surface area contributed by atoms with Crippen molar-refractivity contribution in [2.45, 2.75) is 68.6 Å². The third-order valence-corrected chi connectivity index (χ3v) is 5.59. The standard InChI is InChI=1S/C9H10N2.C6H13NOS.C6H11NO.C4H5FO.Ir/c1-11-7-9-4-2-8(6-10)3-5-9;1-6(2,9)5(4-8)7-3;1-7-4-2-3-6(7)5-8;5-4(3-6)1-2-4;/h2-5,11H,7H2,1H3;4-5,7,9H,1-3H3;5-6H,2-4H2,1H3;3H,1-2H2;/p-1/t;5-;6-;;/m.10../s1. The van der Waals surface area contributed by atoms with Gasteiger partial charge >= 0.3 is 0 Å². The topological polar surface area (TPSA) is 102 Å². The summed E-state index contributed by atoms with van der Waals surface area (Å²) in [6.07, 6.45) is 5.37. The Morgan fingerprint density at radius 2 is 1.83 bits per heavy atom. The SMILES string of the molecule is CN1CCC[C@H]1C=O.CNCc1ccc(C#N)cc1.CN[C@H](C=O)C(C)(C)[S-].O=CC1(F)CC1.[Ir]. The summed E-state index contributed by atoms with van der Waals surface area (Å²) in [6.45, 7) is 5.63. The predicted octanol–water partition coefficient (Wildman–Crippen LogP) is 2.34. The summed E-state index contributed by atoms with van der Waals surface area (Å²) in [5.41, 5.74) is 0.524. The molecule has 10 heteroatoms. The maximum atomic E-state index is 11.9. The first kappa shape index (κ1) is 35.7. The Balaban J connectivity index is 0. The first-order valence-electron chi connectivity index (χ1n) is 11.3. The van der Waals surface area contributed by atoms with Gasteiger partial charge in [0.05, 0.1) is 17.7 Å². The minimum Gasteiger partial charge on any atom is -0.784 e. The van der Waals surface area contributed by atoms with Crippen LogP contribution in [0.1, 0.15) is 50.7 Å². The van der Waals surface area contributed by atoms with Crippen molar-refractivity contribution in [3.8, 4) is 6.07 Å². The fourth-order valence-electron chi connectivity index (χ4n) is 2.83. The van der Waals surface area contributed by atoms with Gasteiger partial charge in [0.2, 0.25) is 0 Å². The van der Waals surface area contributed by atoms with E-state index < -0.39 is 5.67 Å². The van der Waals surface area contributed by atoms with Crippen LogP contribution in [-0.2, 0) is 53.7 Å². The molecule has 2 aliphatic rings. The van der Waals surface area contributed by atoms with Gasteiger partial charge in [-0.25, -0.2) is 4.39 Å². The molecule has 1 saturated heterocycles. The Labute approximate surface area is 228 Å². The van der Waals surface area contributed by atoms with Crippen molar-refractivity contribution in [2.75, 3.05) is 27.7 Å². The normalized spacial score (nSPS) is 18.3. The molecule has 1 aromatic carbocycles. The fraction of sp³-hybridized carbons (Fsp3) is 0.600. The van der Waals surface area contributed by atoms with Crippen LogP contribution in [0.25, 0.3) is 0 Å². The quantitative estimate of drug-likeness (QED) is 0.334. The van der Waals surface area contributed by atoms with Crippen LogP contribution in [0.4, 0.5) is 4.39 Å². The largest absolute Gasteiger partial charge is 0.784 e. The fourth-order valence-corrected chi connectivity index (χ4v) is 3.00. The summed E-state index contributed by atoms with van der Waals surface area (Å²) in [5, 5.41) is 14.4. The van der Waals surface area contributed by atoms with E-state index in [1.165, 1.54) is 12.0 Å². The number of aldehydes is 3. The number of benzene rings is 1. The maximum Gasteiger partial charge on any atom is 0.166 e. The third kappa shape index (κ3) is 16.0. The molecule has 2 fully saturated rings. The van der Waals surface area contributed by atoms with Crippen molar-refractivity contribution in [2.24, 2.45) is 0 Å². The Kier molecular flexibility index (Phi) is 19.1. The van der Waals surface area contributed by atoms with Gasteiger partial charge in [0.15, 0.2) is 12.0 Å². The van der Waals surface area contributed by atoms with Gasteiger partial charge in [0, 0.05) is 32.7 Å². The predicted molar refractivity (Wildman–Crippen MR) is 135 cm³/mol. The van der Waals surface area contributed by atoms with Gasteiger partial charge in [0.1, 0.15) is 12.6 Å². The van der Waals surface area contributed by atoms with Crippen LogP contribution in [-0.4, -0.2) is 73.9 Å². The van der Waals surface area contributed by atoms with E-state index in [9.17, 15) is 18.8 Å². The molecule has 1 aliphatic heterocycles. The molecule has 2 N–H and O–H groups in total. The molecule has 1 aromatic rings. The summed E-state index contributed by atoms with van der Waals surface area (Å²) in [6, 6.07) is 9.64. The van der Waals surface area contributed by atoms with Crippen LogP contribution in [0, 0.1) is 11.3 Å². The number of hydrogen-bond donors (Lipinski definition) is 2. The van der Waals surface area contributed by atoms with E-state index in [1.807, 2.05) is 52.2 Å². The van der Waals surface area contributed by atoms with Crippen LogP contribution in [0.5, 0.6) is 0 Å². The molecule has 3 rings (SSSR count). The molecule has 0 unspecified atom stereocenters. The smallest absolute Gasteiger partial charge is 0.166 e. The molecule has 0 bridgehead atoms. The number of alkyl halides is 1. The van der Waals surface area contributed by atoms with Crippen molar-refractivity contribution in [3.05, 3.63) is 35.4 Å². The van der Waals surface area contributed by atoms with Crippen LogP contribution in [0.3, 0.4) is 0 Å². The number of halogens is 1. The first-order chi connectivity index (χ1) is 16.0. The molecule has 35 heavy (non-hydrogen) atoms. The minimum absolute atomic E-state index is 0. The Morgan fingerprint density at radius 1 is 1.26 bits per heavy atom. The zero-order chi connectivity index (χ0) is 26.2. The van der Waals surface area contributed by atoms with E-state index in [0.717, 1.165) is 32.1 Å². The molecule has 199 valence electrons. The molecule has 1 saturated carbocycles. The third-order valence-electron chi connectivity index (χ3n) is 5.33. The second kappa shape index (κ2) is 18.7. The van der Waals surface area contributed by atoms with E-state index in [2.05, 4.69) is 21.6 Å². The number of carbonyl (C=O) groups excluding carboxylic acids is 3. The number of nitrogens with one attached hydrogen (secondary N) is 2. The number of rotatable bonds is 7. The van der Waals surface area contributed by atoms with E-state index in [0.29, 0.717) is 24.7 Å². The minimum atomic E-state index is -1.39. The van der Waals surface area contributed by atoms with Gasteiger partial charge in [0.25, 0.3) is 0 Å². The van der Waals surface area contributed by atoms with Gasteiger partial charge in [-0.2, -0.15) is 5.26 Å². The van der Waals surface area contributed by atoms with Crippen molar-refractivity contribution in [1.82, 2.24) is 15.5 Å². The summed E-state index contributed by atoms with van der Waals surface area (Å²) < 4.78 is 11.5. The molecular weight excluding hydrogens is 648 g/mol. The molecule has 1 heterocycles. The van der Waals surface area contributed by atoms with E-state index >= 15 is 0 Å². The van der Waals surface area contributed by atoms with Crippen molar-refractivity contribution < 1.29 is 38.9 Å². The molecule has 0 amide bonds.